The molecule has 0 unspecified atom stereocenters. The average molecular weight is 654 g/mol. The standard InChI is InChI=1S/C29H18F7N3O3S2/c30-22-21(29(34,35)36)23(31)25(33)26(24(22)32)39-20(40)14-44-17-10-8-16(9-11-17)37-28(42)19(13-18-7-4-12-43-18)38-27(41)15-5-2-1-3-6-15/h1-13H,14H2,(H,37,42)(H,38,41)(H,39,40)/b19-13-. The molecule has 0 atom stereocenters. The highest BCUT2D eigenvalue weighted by Gasteiger charge is 2.42. The second kappa shape index (κ2) is 13.8. The monoisotopic (exact) mass is 653 g/mol. The molecule has 44 heavy (non-hydrogen) atoms. The van der Waals surface area contributed by atoms with Gasteiger partial charge in [0.05, 0.1) is 5.75 Å². The lowest BCUT2D eigenvalue weighted by atomic mass is 10.1. The van der Waals surface area contributed by atoms with Crippen molar-refractivity contribution in [3.63, 3.8) is 0 Å². The smallest absolute Gasteiger partial charge is 0.321 e. The van der Waals surface area contributed by atoms with Crippen molar-refractivity contribution in [2.45, 2.75) is 11.1 Å². The molecule has 0 saturated heterocycles. The summed E-state index contributed by atoms with van der Waals surface area (Å²) in [5, 5.41) is 8.57. The van der Waals surface area contributed by atoms with Crippen LogP contribution in [0.3, 0.4) is 0 Å². The summed E-state index contributed by atoms with van der Waals surface area (Å²) in [6.07, 6.45) is -4.21. The predicted octanol–water partition coefficient (Wildman–Crippen LogP) is 7.46. The number of carbonyl (C=O) groups is 3. The van der Waals surface area contributed by atoms with Crippen LogP contribution in [0.5, 0.6) is 0 Å². The zero-order valence-electron chi connectivity index (χ0n) is 21.9. The van der Waals surface area contributed by atoms with Crippen LogP contribution in [0.2, 0.25) is 0 Å². The maximum absolute atomic E-state index is 14.1. The van der Waals surface area contributed by atoms with E-state index < -0.39 is 64.2 Å². The van der Waals surface area contributed by atoms with Crippen molar-refractivity contribution in [3.8, 4) is 0 Å². The van der Waals surface area contributed by atoms with Crippen molar-refractivity contribution in [1.29, 1.82) is 0 Å². The number of thioether (sulfide) groups is 1. The summed E-state index contributed by atoms with van der Waals surface area (Å²) in [6.45, 7) is 0. The zero-order valence-corrected chi connectivity index (χ0v) is 23.5. The summed E-state index contributed by atoms with van der Waals surface area (Å²) in [5.74, 6) is -13.0. The summed E-state index contributed by atoms with van der Waals surface area (Å²) >= 11 is 2.16. The zero-order chi connectivity index (χ0) is 32.0. The Labute approximate surface area is 253 Å². The van der Waals surface area contributed by atoms with Crippen LogP contribution in [0, 0.1) is 23.3 Å². The molecule has 4 aromatic rings. The van der Waals surface area contributed by atoms with Crippen molar-refractivity contribution in [2.75, 3.05) is 16.4 Å². The minimum absolute atomic E-state index is 0.0352. The van der Waals surface area contributed by atoms with Crippen molar-refractivity contribution in [3.05, 3.63) is 117 Å². The van der Waals surface area contributed by atoms with Gasteiger partial charge in [-0.25, -0.2) is 17.6 Å². The van der Waals surface area contributed by atoms with Gasteiger partial charge in [0.25, 0.3) is 11.8 Å². The van der Waals surface area contributed by atoms with Crippen LogP contribution in [0.1, 0.15) is 20.8 Å². The summed E-state index contributed by atoms with van der Waals surface area (Å²) in [7, 11) is 0. The first-order valence-electron chi connectivity index (χ1n) is 12.2. The molecule has 228 valence electrons. The lowest BCUT2D eigenvalue weighted by Crippen LogP contribution is -2.30. The van der Waals surface area contributed by atoms with Gasteiger partial charge in [-0.2, -0.15) is 13.2 Å². The number of halogens is 7. The molecule has 4 rings (SSSR count). The van der Waals surface area contributed by atoms with Gasteiger partial charge in [0.2, 0.25) is 5.91 Å². The number of hydrogen-bond acceptors (Lipinski definition) is 5. The molecule has 3 amide bonds. The molecule has 0 spiro atoms. The molecule has 3 aromatic carbocycles. The molecular weight excluding hydrogens is 635 g/mol. The van der Waals surface area contributed by atoms with E-state index in [9.17, 15) is 45.1 Å². The average Bonchev–Trinajstić information content (AvgIpc) is 3.50. The molecule has 0 fully saturated rings. The van der Waals surface area contributed by atoms with E-state index in [0.29, 0.717) is 21.0 Å². The van der Waals surface area contributed by atoms with E-state index >= 15 is 0 Å². The molecule has 1 aromatic heterocycles. The second-order valence-electron chi connectivity index (χ2n) is 8.71. The van der Waals surface area contributed by atoms with Gasteiger partial charge in [-0.3, -0.25) is 14.4 Å². The molecular formula is C29H18F7N3O3S2. The molecule has 15 heteroatoms. The Kier molecular flexibility index (Phi) is 10.1. The van der Waals surface area contributed by atoms with Crippen LogP contribution in [-0.2, 0) is 15.8 Å². The minimum atomic E-state index is -5.71. The lowest BCUT2D eigenvalue weighted by molar-refractivity contribution is -0.143. The summed E-state index contributed by atoms with van der Waals surface area (Å²) in [6, 6.07) is 17.6. The van der Waals surface area contributed by atoms with Crippen LogP contribution in [0.15, 0.2) is 82.7 Å². The lowest BCUT2D eigenvalue weighted by Gasteiger charge is -2.14. The highest BCUT2D eigenvalue weighted by atomic mass is 32.2. The number of carbonyl (C=O) groups excluding carboxylic acids is 3. The van der Waals surface area contributed by atoms with Crippen molar-refractivity contribution >= 4 is 58.3 Å². The number of hydrogen-bond donors (Lipinski definition) is 3. The highest BCUT2D eigenvalue weighted by Crippen LogP contribution is 2.38. The van der Waals surface area contributed by atoms with Crippen molar-refractivity contribution < 1.29 is 45.1 Å². The van der Waals surface area contributed by atoms with Gasteiger partial charge in [0.15, 0.2) is 23.3 Å². The van der Waals surface area contributed by atoms with Gasteiger partial charge < -0.3 is 16.0 Å². The molecule has 0 bridgehead atoms. The summed E-state index contributed by atoms with van der Waals surface area (Å²) in [4.78, 5) is 39.0. The van der Waals surface area contributed by atoms with E-state index in [1.165, 1.54) is 41.7 Å². The normalized spacial score (nSPS) is 11.7. The van der Waals surface area contributed by atoms with Crippen LogP contribution >= 0.6 is 23.1 Å². The Morgan fingerprint density at radius 1 is 0.795 bits per heavy atom. The van der Waals surface area contributed by atoms with Gasteiger partial charge in [0.1, 0.15) is 16.9 Å². The van der Waals surface area contributed by atoms with E-state index in [2.05, 4.69) is 10.6 Å². The van der Waals surface area contributed by atoms with Crippen LogP contribution in [0.4, 0.5) is 42.1 Å². The number of nitrogens with one attached hydrogen (secondary N) is 3. The summed E-state index contributed by atoms with van der Waals surface area (Å²) in [5.41, 5.74) is -3.84. The first kappa shape index (κ1) is 32.3. The fourth-order valence-electron chi connectivity index (χ4n) is 3.61. The number of alkyl halides is 3. The fourth-order valence-corrected chi connectivity index (χ4v) is 4.96. The summed E-state index contributed by atoms with van der Waals surface area (Å²) < 4.78 is 94.0. The molecule has 0 aliphatic rings. The maximum Gasteiger partial charge on any atom is 0.422 e. The van der Waals surface area contributed by atoms with Crippen molar-refractivity contribution in [1.82, 2.24) is 5.32 Å². The Bertz CT molecular complexity index is 1680. The molecule has 0 radical (unpaired) electrons. The maximum atomic E-state index is 14.1. The van der Waals surface area contributed by atoms with Gasteiger partial charge in [-0.15, -0.1) is 23.1 Å². The highest BCUT2D eigenvalue weighted by molar-refractivity contribution is 8.00. The predicted molar refractivity (Wildman–Crippen MR) is 152 cm³/mol. The van der Waals surface area contributed by atoms with E-state index in [1.807, 2.05) is 0 Å². The molecule has 0 saturated carbocycles. The third-order valence-corrected chi connectivity index (χ3v) is 7.48. The topological polar surface area (TPSA) is 87.3 Å². The van der Waals surface area contributed by atoms with E-state index in [0.717, 1.165) is 11.8 Å². The third-order valence-electron chi connectivity index (χ3n) is 5.65. The van der Waals surface area contributed by atoms with E-state index in [-0.39, 0.29) is 5.70 Å². The van der Waals surface area contributed by atoms with E-state index in [1.54, 1.807) is 53.2 Å². The quantitative estimate of drug-likeness (QED) is 0.0758. The third kappa shape index (κ3) is 7.85. The molecule has 3 N–H and O–H groups in total. The first-order chi connectivity index (χ1) is 20.8. The molecule has 1 heterocycles. The molecule has 0 aliphatic heterocycles. The van der Waals surface area contributed by atoms with Gasteiger partial charge in [0, 0.05) is 21.0 Å². The van der Waals surface area contributed by atoms with Crippen LogP contribution in [-0.4, -0.2) is 23.5 Å². The SMILES string of the molecule is O=C(CSc1ccc(NC(=O)/C(=C/c2cccs2)NC(=O)c2ccccc2)cc1)Nc1c(F)c(F)c(C(F)(F)F)c(F)c1F. The van der Waals surface area contributed by atoms with Crippen molar-refractivity contribution in [2.24, 2.45) is 0 Å². The second-order valence-corrected chi connectivity index (χ2v) is 10.7. The number of amides is 3. The Hall–Kier alpha value is -4.63. The fraction of sp³-hybridized carbons (Fsp3) is 0.0690. The first-order valence-corrected chi connectivity index (χ1v) is 14.1. The van der Waals surface area contributed by atoms with E-state index in [4.69, 9.17) is 0 Å². The van der Waals surface area contributed by atoms with Gasteiger partial charge in [-0.05, 0) is 53.9 Å². The Morgan fingerprint density at radius 3 is 2.00 bits per heavy atom. The number of rotatable bonds is 9. The number of benzene rings is 3. The van der Waals surface area contributed by atoms with Gasteiger partial charge in [-0.1, -0.05) is 24.3 Å². The largest absolute Gasteiger partial charge is 0.422 e. The number of thiophene rings is 1. The van der Waals surface area contributed by atoms with Gasteiger partial charge >= 0.3 is 6.18 Å². The Balaban J connectivity index is 1.39. The molecule has 0 aliphatic carbocycles. The van der Waals surface area contributed by atoms with Crippen LogP contribution in [0.25, 0.3) is 6.08 Å². The minimum Gasteiger partial charge on any atom is -0.321 e. The van der Waals surface area contributed by atoms with Crippen LogP contribution < -0.4 is 16.0 Å². The molecule has 6 nitrogen and oxygen atoms in total. The number of anilines is 2. The Morgan fingerprint density at radius 2 is 1.43 bits per heavy atom.